The van der Waals surface area contributed by atoms with E-state index < -0.39 is 0 Å². The summed E-state index contributed by atoms with van der Waals surface area (Å²) in [6.45, 7) is 6.45. The van der Waals surface area contributed by atoms with Gasteiger partial charge < -0.3 is 10.2 Å². The average Bonchev–Trinajstić information content (AvgIpc) is 2.40. The molecule has 0 fully saturated rings. The molecule has 0 aliphatic carbocycles. The summed E-state index contributed by atoms with van der Waals surface area (Å²) in [6, 6.07) is 9.45. The third-order valence-electron chi connectivity index (χ3n) is 2.70. The molecule has 0 heterocycles. The normalized spacial score (nSPS) is 11.0. The van der Waals surface area contributed by atoms with E-state index in [-0.39, 0.29) is 11.8 Å². The summed E-state index contributed by atoms with van der Waals surface area (Å²) in [5, 5.41) is 2.61. The molecule has 19 heavy (non-hydrogen) atoms. The summed E-state index contributed by atoms with van der Waals surface area (Å²) in [6.07, 6.45) is 1.70. The van der Waals surface area contributed by atoms with Crippen LogP contribution in [0.1, 0.15) is 26.3 Å². The van der Waals surface area contributed by atoms with Gasteiger partial charge in [0.2, 0.25) is 5.91 Å². The Morgan fingerprint density at radius 3 is 2.21 bits per heavy atom. The number of benzene rings is 1. The zero-order chi connectivity index (χ0) is 14.3. The van der Waals surface area contributed by atoms with E-state index in [1.807, 2.05) is 44.2 Å². The smallest absolute Gasteiger partial charge is 0.270 e. The number of likely N-dealkylation sites (N-methyl/N-ethyl adjacent to an activating group) is 1. The number of carbonyl (C=O) groups excluding carboxylic acids is 2. The van der Waals surface area contributed by atoms with Crippen LogP contribution in [0, 0.1) is 0 Å². The van der Waals surface area contributed by atoms with Crippen LogP contribution in [0.15, 0.2) is 36.0 Å². The first-order valence-corrected chi connectivity index (χ1v) is 6.42. The zero-order valence-corrected chi connectivity index (χ0v) is 11.6. The molecule has 0 unspecified atom stereocenters. The van der Waals surface area contributed by atoms with Gasteiger partial charge in [0.25, 0.3) is 5.91 Å². The van der Waals surface area contributed by atoms with Gasteiger partial charge in [0.1, 0.15) is 5.70 Å². The van der Waals surface area contributed by atoms with E-state index in [0.717, 1.165) is 5.56 Å². The molecular formula is C15H20N2O2. The highest BCUT2D eigenvalue weighted by atomic mass is 16.2. The minimum absolute atomic E-state index is 0.163. The largest absolute Gasteiger partial charge is 0.338 e. The SMILES string of the molecule is CCN(CC)C(=O)C(=Cc1ccccc1)NC(C)=O. The van der Waals surface area contributed by atoms with Crippen molar-refractivity contribution in [2.45, 2.75) is 20.8 Å². The highest BCUT2D eigenvalue weighted by Crippen LogP contribution is 2.07. The van der Waals surface area contributed by atoms with E-state index in [9.17, 15) is 9.59 Å². The minimum atomic E-state index is -0.248. The van der Waals surface area contributed by atoms with Crippen molar-refractivity contribution in [2.24, 2.45) is 0 Å². The molecule has 1 rings (SSSR count). The molecule has 0 aliphatic rings. The lowest BCUT2D eigenvalue weighted by Gasteiger charge is -2.20. The Hall–Kier alpha value is -2.10. The first-order chi connectivity index (χ1) is 9.08. The Labute approximate surface area is 114 Å². The third-order valence-corrected chi connectivity index (χ3v) is 2.70. The third kappa shape index (κ3) is 4.58. The molecule has 0 spiro atoms. The molecule has 1 aromatic rings. The summed E-state index contributed by atoms with van der Waals surface area (Å²) in [5.41, 5.74) is 1.19. The van der Waals surface area contributed by atoms with Gasteiger partial charge in [-0.25, -0.2) is 0 Å². The summed E-state index contributed by atoms with van der Waals surface area (Å²) in [7, 11) is 0. The number of carbonyl (C=O) groups is 2. The van der Waals surface area contributed by atoms with Crippen LogP contribution >= 0.6 is 0 Å². The van der Waals surface area contributed by atoms with Crippen molar-refractivity contribution in [3.8, 4) is 0 Å². The van der Waals surface area contributed by atoms with Crippen molar-refractivity contribution >= 4 is 17.9 Å². The van der Waals surface area contributed by atoms with Gasteiger partial charge in [0.15, 0.2) is 0 Å². The predicted octanol–water partition coefficient (Wildman–Crippen LogP) is 2.03. The summed E-state index contributed by atoms with van der Waals surface area (Å²) in [4.78, 5) is 25.2. The van der Waals surface area contributed by atoms with Crippen LogP contribution in [-0.4, -0.2) is 29.8 Å². The molecule has 0 aliphatic heterocycles. The Balaban J connectivity index is 3.04. The quantitative estimate of drug-likeness (QED) is 0.824. The Morgan fingerprint density at radius 2 is 1.74 bits per heavy atom. The average molecular weight is 260 g/mol. The molecule has 4 nitrogen and oxygen atoms in total. The molecule has 4 heteroatoms. The van der Waals surface area contributed by atoms with Crippen LogP contribution in [0.5, 0.6) is 0 Å². The molecule has 1 N–H and O–H groups in total. The van der Waals surface area contributed by atoms with E-state index in [1.165, 1.54) is 6.92 Å². The molecule has 0 aromatic heterocycles. The van der Waals surface area contributed by atoms with Crippen molar-refractivity contribution in [1.29, 1.82) is 0 Å². The lowest BCUT2D eigenvalue weighted by atomic mass is 10.2. The number of hydrogen-bond donors (Lipinski definition) is 1. The maximum atomic E-state index is 12.3. The van der Waals surface area contributed by atoms with Crippen molar-refractivity contribution in [3.05, 3.63) is 41.6 Å². The van der Waals surface area contributed by atoms with Crippen LogP contribution in [0.3, 0.4) is 0 Å². The van der Waals surface area contributed by atoms with E-state index in [0.29, 0.717) is 18.8 Å². The molecule has 0 saturated carbocycles. The maximum absolute atomic E-state index is 12.3. The lowest BCUT2D eigenvalue weighted by molar-refractivity contribution is -0.129. The predicted molar refractivity (Wildman–Crippen MR) is 76.2 cm³/mol. The van der Waals surface area contributed by atoms with Gasteiger partial charge in [-0.1, -0.05) is 30.3 Å². The first kappa shape index (κ1) is 15.0. The van der Waals surface area contributed by atoms with E-state index in [1.54, 1.807) is 11.0 Å². The molecule has 0 atom stereocenters. The fourth-order valence-corrected chi connectivity index (χ4v) is 1.74. The molecule has 1 aromatic carbocycles. The fourth-order valence-electron chi connectivity index (χ4n) is 1.74. The van der Waals surface area contributed by atoms with E-state index >= 15 is 0 Å². The summed E-state index contributed by atoms with van der Waals surface area (Å²) < 4.78 is 0. The van der Waals surface area contributed by atoms with Crippen LogP contribution in [0.25, 0.3) is 6.08 Å². The van der Waals surface area contributed by atoms with Crippen molar-refractivity contribution in [3.63, 3.8) is 0 Å². The number of nitrogens with one attached hydrogen (secondary N) is 1. The van der Waals surface area contributed by atoms with Crippen molar-refractivity contribution < 1.29 is 9.59 Å². The molecule has 0 radical (unpaired) electrons. The fraction of sp³-hybridized carbons (Fsp3) is 0.333. The highest BCUT2D eigenvalue weighted by molar-refractivity contribution is 6.00. The van der Waals surface area contributed by atoms with Crippen LogP contribution in [0.2, 0.25) is 0 Å². The van der Waals surface area contributed by atoms with Gasteiger partial charge in [0.05, 0.1) is 0 Å². The Bertz CT molecular complexity index is 462. The Kier molecular flexibility index (Phi) is 5.79. The molecule has 0 saturated heterocycles. The molecule has 0 bridgehead atoms. The monoisotopic (exact) mass is 260 g/mol. The minimum Gasteiger partial charge on any atom is -0.338 e. The molecule has 102 valence electrons. The molecule has 2 amide bonds. The maximum Gasteiger partial charge on any atom is 0.270 e. The van der Waals surface area contributed by atoms with E-state index in [2.05, 4.69) is 5.32 Å². The van der Waals surface area contributed by atoms with Gasteiger partial charge >= 0.3 is 0 Å². The second kappa shape index (κ2) is 7.36. The standard InChI is InChI=1S/C15H20N2O2/c1-4-17(5-2)15(19)14(16-12(3)18)11-13-9-7-6-8-10-13/h6-11H,4-5H2,1-3H3,(H,16,18). The number of amides is 2. The van der Waals surface area contributed by atoms with Crippen LogP contribution in [0.4, 0.5) is 0 Å². The van der Waals surface area contributed by atoms with Gasteiger partial charge in [0, 0.05) is 20.0 Å². The van der Waals surface area contributed by atoms with Gasteiger partial charge in [-0.05, 0) is 25.5 Å². The topological polar surface area (TPSA) is 49.4 Å². The second-order valence-corrected chi connectivity index (χ2v) is 4.13. The number of hydrogen-bond acceptors (Lipinski definition) is 2. The molecular weight excluding hydrogens is 240 g/mol. The van der Waals surface area contributed by atoms with Crippen LogP contribution < -0.4 is 5.32 Å². The highest BCUT2D eigenvalue weighted by Gasteiger charge is 2.16. The second-order valence-electron chi connectivity index (χ2n) is 4.13. The zero-order valence-electron chi connectivity index (χ0n) is 11.6. The summed E-state index contributed by atoms with van der Waals surface area (Å²) >= 11 is 0. The number of nitrogens with zero attached hydrogens (tertiary/aromatic N) is 1. The number of rotatable bonds is 5. The summed E-state index contributed by atoms with van der Waals surface area (Å²) in [5.74, 6) is -0.410. The van der Waals surface area contributed by atoms with Crippen LogP contribution in [-0.2, 0) is 9.59 Å². The van der Waals surface area contributed by atoms with Crippen molar-refractivity contribution in [2.75, 3.05) is 13.1 Å². The lowest BCUT2D eigenvalue weighted by Crippen LogP contribution is -2.37. The van der Waals surface area contributed by atoms with Gasteiger partial charge in [-0.3, -0.25) is 9.59 Å². The first-order valence-electron chi connectivity index (χ1n) is 6.42. The van der Waals surface area contributed by atoms with Crippen molar-refractivity contribution in [1.82, 2.24) is 10.2 Å². The van der Waals surface area contributed by atoms with Gasteiger partial charge in [-0.15, -0.1) is 0 Å². The van der Waals surface area contributed by atoms with E-state index in [4.69, 9.17) is 0 Å². The Morgan fingerprint density at radius 1 is 1.16 bits per heavy atom. The van der Waals surface area contributed by atoms with Gasteiger partial charge in [-0.2, -0.15) is 0 Å².